The summed E-state index contributed by atoms with van der Waals surface area (Å²) in [5, 5.41) is 20.5. The zero-order chi connectivity index (χ0) is 18.8. The second-order valence-electron chi connectivity index (χ2n) is 6.12. The van der Waals surface area contributed by atoms with Gasteiger partial charge in [-0.2, -0.15) is 0 Å². The smallest absolute Gasteiger partial charge is 0.354 e. The summed E-state index contributed by atoms with van der Waals surface area (Å²) in [6.45, 7) is 4.61. The number of ether oxygens (including phenoxy) is 2. The van der Waals surface area contributed by atoms with Crippen LogP contribution in [0.4, 0.5) is 5.69 Å². The Morgan fingerprint density at radius 1 is 1.32 bits per heavy atom. The number of carbonyl (C=O) groups excluding carboxylic acids is 1. The van der Waals surface area contributed by atoms with Gasteiger partial charge in [-0.1, -0.05) is 6.07 Å². The predicted molar refractivity (Wildman–Crippen MR) is 86.7 cm³/mol. The molecule has 0 atom stereocenters. The fourth-order valence-corrected chi connectivity index (χ4v) is 2.09. The number of carboxylic acids is 1. The van der Waals surface area contributed by atoms with Crippen LogP contribution in [0.1, 0.15) is 31.3 Å². The average Bonchev–Trinajstić information content (AvgIpc) is 2.49. The first kappa shape index (κ1) is 18.1. The zero-order valence-electron chi connectivity index (χ0n) is 13.8. The van der Waals surface area contributed by atoms with E-state index in [1.165, 1.54) is 18.2 Å². The van der Waals surface area contributed by atoms with E-state index in [4.69, 9.17) is 14.6 Å². The molecule has 0 radical (unpaired) electrons. The van der Waals surface area contributed by atoms with Gasteiger partial charge >= 0.3 is 11.9 Å². The van der Waals surface area contributed by atoms with Crippen LogP contribution in [0.2, 0.25) is 0 Å². The van der Waals surface area contributed by atoms with Gasteiger partial charge in [0.1, 0.15) is 11.4 Å². The number of hydrogen-bond donors (Lipinski definition) is 1. The second kappa shape index (κ2) is 6.71. The van der Waals surface area contributed by atoms with E-state index >= 15 is 0 Å². The number of aromatic carboxylic acids is 1. The van der Waals surface area contributed by atoms with Crippen molar-refractivity contribution in [2.24, 2.45) is 0 Å². The van der Waals surface area contributed by atoms with Crippen LogP contribution >= 0.6 is 0 Å². The summed E-state index contributed by atoms with van der Waals surface area (Å²) >= 11 is 0. The standard InChI is InChI=1S/C16H16N2O7/c1-16(2,3)25-13(19)8-24-12-7-10(15(20)21)17-14-9(12)5-4-6-11(14)18(22)23/h4-7H,8H2,1-3H3,(H,20,21). The lowest BCUT2D eigenvalue weighted by Crippen LogP contribution is -2.27. The monoisotopic (exact) mass is 348 g/mol. The maximum atomic E-state index is 11.8. The van der Waals surface area contributed by atoms with Crippen LogP contribution in [0.25, 0.3) is 10.9 Å². The van der Waals surface area contributed by atoms with Crippen molar-refractivity contribution in [3.8, 4) is 5.75 Å². The molecule has 1 aromatic heterocycles. The molecule has 0 fully saturated rings. The Morgan fingerprint density at radius 2 is 2.00 bits per heavy atom. The number of nitrogens with zero attached hydrogens (tertiary/aromatic N) is 2. The second-order valence-corrected chi connectivity index (χ2v) is 6.12. The van der Waals surface area contributed by atoms with Crippen molar-refractivity contribution >= 4 is 28.5 Å². The molecule has 1 aromatic carbocycles. The number of aromatic nitrogens is 1. The summed E-state index contributed by atoms with van der Waals surface area (Å²) in [5.41, 5.74) is -1.62. The van der Waals surface area contributed by atoms with Crippen LogP contribution in [0, 0.1) is 10.1 Å². The lowest BCUT2D eigenvalue weighted by atomic mass is 10.1. The molecule has 0 spiro atoms. The molecular weight excluding hydrogens is 332 g/mol. The van der Waals surface area contributed by atoms with E-state index in [0.717, 1.165) is 6.07 Å². The Labute approximate surface area is 142 Å². The van der Waals surface area contributed by atoms with Crippen molar-refractivity contribution in [2.45, 2.75) is 26.4 Å². The number of hydrogen-bond acceptors (Lipinski definition) is 7. The summed E-state index contributed by atoms with van der Waals surface area (Å²) < 4.78 is 10.5. The molecule has 0 saturated carbocycles. The molecule has 25 heavy (non-hydrogen) atoms. The fourth-order valence-electron chi connectivity index (χ4n) is 2.09. The highest BCUT2D eigenvalue weighted by Gasteiger charge is 2.21. The Hall–Kier alpha value is -3.23. The van der Waals surface area contributed by atoms with Crippen LogP contribution in [0.15, 0.2) is 24.3 Å². The number of para-hydroxylation sites is 1. The number of non-ortho nitro benzene ring substituents is 1. The minimum absolute atomic E-state index is 0.00282. The first-order valence-corrected chi connectivity index (χ1v) is 7.24. The highest BCUT2D eigenvalue weighted by molar-refractivity contribution is 5.97. The van der Waals surface area contributed by atoms with Crippen molar-refractivity contribution in [3.63, 3.8) is 0 Å². The number of fused-ring (bicyclic) bond motifs is 1. The topological polar surface area (TPSA) is 129 Å². The third-order valence-corrected chi connectivity index (χ3v) is 2.96. The van der Waals surface area contributed by atoms with E-state index in [0.29, 0.717) is 0 Å². The molecule has 2 aromatic rings. The lowest BCUT2D eigenvalue weighted by Gasteiger charge is -2.19. The first-order chi connectivity index (χ1) is 11.6. The number of nitro benzene ring substituents is 1. The van der Waals surface area contributed by atoms with Crippen molar-refractivity contribution in [1.82, 2.24) is 4.98 Å². The number of rotatable bonds is 5. The molecule has 0 unspecified atom stereocenters. The minimum Gasteiger partial charge on any atom is -0.481 e. The van der Waals surface area contributed by atoms with Gasteiger partial charge in [0, 0.05) is 17.5 Å². The van der Waals surface area contributed by atoms with E-state index in [9.17, 15) is 19.7 Å². The van der Waals surface area contributed by atoms with Gasteiger partial charge in [-0.05, 0) is 26.8 Å². The Bertz CT molecular complexity index is 855. The molecule has 0 amide bonds. The van der Waals surface area contributed by atoms with E-state index in [2.05, 4.69) is 4.98 Å². The van der Waals surface area contributed by atoms with Gasteiger partial charge < -0.3 is 14.6 Å². The number of esters is 1. The minimum atomic E-state index is -1.37. The van der Waals surface area contributed by atoms with Crippen LogP contribution in [0.5, 0.6) is 5.75 Å². The van der Waals surface area contributed by atoms with Gasteiger partial charge in [0.15, 0.2) is 17.8 Å². The molecule has 0 aliphatic carbocycles. The van der Waals surface area contributed by atoms with Crippen molar-refractivity contribution in [2.75, 3.05) is 6.61 Å². The van der Waals surface area contributed by atoms with Crippen LogP contribution in [0.3, 0.4) is 0 Å². The third kappa shape index (κ3) is 4.40. The highest BCUT2D eigenvalue weighted by atomic mass is 16.6. The first-order valence-electron chi connectivity index (χ1n) is 7.24. The summed E-state index contributed by atoms with van der Waals surface area (Å²) in [4.78, 5) is 37.3. The van der Waals surface area contributed by atoms with Gasteiger partial charge in [-0.15, -0.1) is 0 Å². The van der Waals surface area contributed by atoms with Crippen molar-refractivity contribution < 1.29 is 29.1 Å². The van der Waals surface area contributed by atoms with E-state index in [1.54, 1.807) is 20.8 Å². The lowest BCUT2D eigenvalue weighted by molar-refractivity contribution is -0.383. The number of carbonyl (C=O) groups is 2. The third-order valence-electron chi connectivity index (χ3n) is 2.96. The van der Waals surface area contributed by atoms with Crippen LogP contribution in [-0.4, -0.2) is 39.2 Å². The molecule has 9 heteroatoms. The summed E-state index contributed by atoms with van der Waals surface area (Å²) in [7, 11) is 0. The van der Waals surface area contributed by atoms with Gasteiger partial charge in [0.2, 0.25) is 0 Å². The molecular formula is C16H16N2O7. The number of nitro groups is 1. The van der Waals surface area contributed by atoms with Gasteiger partial charge in [0.25, 0.3) is 5.69 Å². The molecule has 2 rings (SSSR count). The Balaban J connectivity index is 2.44. The molecule has 0 bridgehead atoms. The van der Waals surface area contributed by atoms with E-state index < -0.39 is 34.8 Å². The van der Waals surface area contributed by atoms with Gasteiger partial charge in [-0.25, -0.2) is 14.6 Å². The van der Waals surface area contributed by atoms with Gasteiger partial charge in [-0.3, -0.25) is 10.1 Å². The molecule has 1 heterocycles. The fraction of sp³-hybridized carbons (Fsp3) is 0.312. The van der Waals surface area contributed by atoms with Crippen LogP contribution in [-0.2, 0) is 9.53 Å². The van der Waals surface area contributed by atoms with Gasteiger partial charge in [0.05, 0.1) is 4.92 Å². The highest BCUT2D eigenvalue weighted by Crippen LogP contribution is 2.31. The number of benzene rings is 1. The summed E-state index contributed by atoms with van der Waals surface area (Å²) in [6, 6.07) is 5.23. The van der Waals surface area contributed by atoms with E-state index in [1.807, 2.05) is 0 Å². The maximum Gasteiger partial charge on any atom is 0.354 e. The van der Waals surface area contributed by atoms with Crippen molar-refractivity contribution in [1.29, 1.82) is 0 Å². The number of pyridine rings is 1. The SMILES string of the molecule is CC(C)(C)OC(=O)COc1cc(C(=O)O)nc2c([N+](=O)[O-])cccc12. The van der Waals surface area contributed by atoms with Crippen molar-refractivity contribution in [3.05, 3.63) is 40.1 Å². The summed E-state index contributed by atoms with van der Waals surface area (Å²) in [6.07, 6.45) is 0. The predicted octanol–water partition coefficient (Wildman–Crippen LogP) is 2.56. The van der Waals surface area contributed by atoms with Crippen LogP contribution < -0.4 is 4.74 Å². The molecule has 9 nitrogen and oxygen atoms in total. The number of carboxylic acid groups (broad SMARTS) is 1. The zero-order valence-corrected chi connectivity index (χ0v) is 13.8. The molecule has 0 aliphatic rings. The molecule has 132 valence electrons. The Kier molecular flexibility index (Phi) is 4.87. The summed E-state index contributed by atoms with van der Waals surface area (Å²) in [5.74, 6) is -2.03. The molecule has 1 N–H and O–H groups in total. The Morgan fingerprint density at radius 3 is 2.56 bits per heavy atom. The normalized spacial score (nSPS) is 11.2. The van der Waals surface area contributed by atoms with E-state index in [-0.39, 0.29) is 22.3 Å². The maximum absolute atomic E-state index is 11.8. The average molecular weight is 348 g/mol. The molecule has 0 aliphatic heterocycles. The quantitative estimate of drug-likeness (QED) is 0.496. The molecule has 0 saturated heterocycles. The largest absolute Gasteiger partial charge is 0.481 e.